The van der Waals surface area contributed by atoms with Crippen molar-refractivity contribution >= 4 is 45.8 Å². The summed E-state index contributed by atoms with van der Waals surface area (Å²) in [5.74, 6) is -0.831. The molecule has 7 heteroatoms. The van der Waals surface area contributed by atoms with Crippen LogP contribution in [-0.4, -0.2) is 47.1 Å². The number of aromatic nitrogens is 1. The lowest BCUT2D eigenvalue weighted by atomic mass is 10.0. The topological polar surface area (TPSA) is 59.6 Å². The lowest BCUT2D eigenvalue weighted by Crippen LogP contribution is -2.49. The summed E-state index contributed by atoms with van der Waals surface area (Å²) in [6, 6.07) is 12.7. The van der Waals surface area contributed by atoms with E-state index in [0.29, 0.717) is 23.1 Å². The maximum Gasteiger partial charge on any atom is 0.325 e. The zero-order valence-electron chi connectivity index (χ0n) is 14.5. The van der Waals surface area contributed by atoms with E-state index in [4.69, 9.17) is 23.2 Å². The third kappa shape index (κ3) is 3.50. The number of hydrogen-bond acceptors (Lipinski definition) is 3. The molecule has 1 fully saturated rings. The van der Waals surface area contributed by atoms with Crippen molar-refractivity contribution in [2.75, 3.05) is 31.1 Å². The Hall–Kier alpha value is -2.21. The van der Waals surface area contributed by atoms with Crippen molar-refractivity contribution in [1.29, 1.82) is 0 Å². The zero-order chi connectivity index (χ0) is 19.0. The number of nitrogens with one attached hydrogen (secondary N) is 1. The second-order valence-corrected chi connectivity index (χ2v) is 7.47. The van der Waals surface area contributed by atoms with Gasteiger partial charge in [0.05, 0.1) is 10.0 Å². The first kappa shape index (κ1) is 18.2. The number of benzene rings is 2. The average Bonchev–Trinajstić information content (AvgIpc) is 3.08. The summed E-state index contributed by atoms with van der Waals surface area (Å²) in [5.41, 5.74) is 2.76. The lowest BCUT2D eigenvalue weighted by Gasteiger charge is -2.38. The Morgan fingerprint density at radius 3 is 2.48 bits per heavy atom. The first-order chi connectivity index (χ1) is 13.0. The fraction of sp³-hybridized carbons (Fsp3) is 0.250. The molecule has 0 unspecified atom stereocenters. The summed E-state index contributed by atoms with van der Waals surface area (Å²) in [7, 11) is 0. The van der Waals surface area contributed by atoms with E-state index >= 15 is 0 Å². The number of rotatable bonds is 4. The second kappa shape index (κ2) is 7.43. The van der Waals surface area contributed by atoms with Crippen molar-refractivity contribution in [3.63, 3.8) is 0 Å². The molecule has 5 nitrogen and oxygen atoms in total. The van der Waals surface area contributed by atoms with Gasteiger partial charge in [0.25, 0.3) is 0 Å². The number of carboxylic acids is 1. The summed E-state index contributed by atoms with van der Waals surface area (Å²) >= 11 is 12.1. The number of para-hydroxylation sites is 1. The summed E-state index contributed by atoms with van der Waals surface area (Å²) in [6.07, 6.45) is 1.81. The summed E-state index contributed by atoms with van der Waals surface area (Å²) in [5, 5.41) is 11.9. The van der Waals surface area contributed by atoms with E-state index in [-0.39, 0.29) is 0 Å². The Morgan fingerprint density at radius 2 is 1.78 bits per heavy atom. The molecule has 2 heterocycles. The van der Waals surface area contributed by atoms with Crippen LogP contribution < -0.4 is 4.90 Å². The minimum atomic E-state index is -0.831. The molecule has 2 aromatic carbocycles. The largest absolute Gasteiger partial charge is 0.480 e. The van der Waals surface area contributed by atoms with Gasteiger partial charge in [0.2, 0.25) is 0 Å². The highest BCUT2D eigenvalue weighted by molar-refractivity contribution is 6.42. The van der Waals surface area contributed by atoms with Gasteiger partial charge in [-0.15, -0.1) is 0 Å². The van der Waals surface area contributed by atoms with Crippen molar-refractivity contribution in [1.82, 2.24) is 9.88 Å². The number of anilines is 1. The maximum absolute atomic E-state index is 12.1. The molecule has 3 aromatic rings. The maximum atomic E-state index is 12.1. The number of aliphatic carboxylic acids is 1. The Kier molecular flexibility index (Phi) is 5.00. The minimum absolute atomic E-state index is 0.527. The molecule has 0 bridgehead atoms. The number of carboxylic acid groups (broad SMARTS) is 1. The zero-order valence-corrected chi connectivity index (χ0v) is 16.0. The van der Waals surface area contributed by atoms with Crippen LogP contribution in [0.25, 0.3) is 10.9 Å². The molecule has 1 aliphatic heterocycles. The van der Waals surface area contributed by atoms with Gasteiger partial charge in [-0.2, -0.15) is 0 Å². The number of piperazine rings is 1. The Bertz CT molecular complexity index is 980. The first-order valence-electron chi connectivity index (χ1n) is 8.77. The van der Waals surface area contributed by atoms with Gasteiger partial charge in [0, 0.05) is 54.5 Å². The van der Waals surface area contributed by atoms with Gasteiger partial charge in [-0.3, -0.25) is 9.69 Å². The van der Waals surface area contributed by atoms with Crippen LogP contribution >= 0.6 is 23.2 Å². The van der Waals surface area contributed by atoms with Gasteiger partial charge in [-0.1, -0.05) is 41.4 Å². The van der Waals surface area contributed by atoms with E-state index in [0.717, 1.165) is 35.2 Å². The van der Waals surface area contributed by atoms with Crippen LogP contribution in [0, 0.1) is 0 Å². The van der Waals surface area contributed by atoms with E-state index < -0.39 is 12.0 Å². The second-order valence-electron chi connectivity index (χ2n) is 6.65. The number of aromatic amines is 1. The van der Waals surface area contributed by atoms with Crippen molar-refractivity contribution in [2.24, 2.45) is 0 Å². The van der Waals surface area contributed by atoms with Gasteiger partial charge >= 0.3 is 5.97 Å². The van der Waals surface area contributed by atoms with Gasteiger partial charge in [0.1, 0.15) is 6.04 Å². The molecule has 1 atom stereocenters. The molecule has 27 heavy (non-hydrogen) atoms. The van der Waals surface area contributed by atoms with E-state index in [9.17, 15) is 9.90 Å². The quantitative estimate of drug-likeness (QED) is 0.676. The van der Waals surface area contributed by atoms with E-state index in [1.807, 2.05) is 47.5 Å². The molecule has 0 amide bonds. The number of H-pyrrole nitrogens is 1. The molecule has 1 saturated heterocycles. The molecule has 2 N–H and O–H groups in total. The molecule has 0 aliphatic carbocycles. The van der Waals surface area contributed by atoms with E-state index in [1.54, 1.807) is 6.07 Å². The Labute approximate surface area is 167 Å². The van der Waals surface area contributed by atoms with Crippen LogP contribution in [0.2, 0.25) is 10.0 Å². The average molecular weight is 404 g/mol. The third-order valence-corrected chi connectivity index (χ3v) is 5.84. The monoisotopic (exact) mass is 403 g/mol. The van der Waals surface area contributed by atoms with Crippen LogP contribution in [0.4, 0.5) is 5.69 Å². The minimum Gasteiger partial charge on any atom is -0.480 e. The Morgan fingerprint density at radius 1 is 1.04 bits per heavy atom. The smallest absolute Gasteiger partial charge is 0.325 e. The van der Waals surface area contributed by atoms with Crippen molar-refractivity contribution < 1.29 is 9.90 Å². The lowest BCUT2D eigenvalue weighted by molar-refractivity contribution is -0.143. The van der Waals surface area contributed by atoms with Gasteiger partial charge in [-0.25, -0.2) is 0 Å². The normalized spacial score (nSPS) is 16.6. The number of carbonyl (C=O) groups is 1. The molecule has 0 spiro atoms. The van der Waals surface area contributed by atoms with Crippen LogP contribution in [0.15, 0.2) is 48.7 Å². The standard InChI is InChI=1S/C20H19Cl2N3O2/c21-16-6-5-13(11-17(16)22)24-7-9-25(10-8-24)19(20(26)27)15-12-23-18-4-2-1-3-14(15)18/h1-6,11-12,19,23H,7-10H2,(H,26,27)/t19-/m1/s1. The Balaban J connectivity index is 1.54. The van der Waals surface area contributed by atoms with Gasteiger partial charge < -0.3 is 15.0 Å². The fourth-order valence-electron chi connectivity index (χ4n) is 3.73. The number of halogens is 2. The highest BCUT2D eigenvalue weighted by Crippen LogP contribution is 2.31. The third-order valence-electron chi connectivity index (χ3n) is 5.10. The SMILES string of the molecule is O=C(O)[C@@H](c1c[nH]c2ccccc12)N1CCN(c2ccc(Cl)c(Cl)c2)CC1. The molecule has 4 rings (SSSR count). The summed E-state index contributed by atoms with van der Waals surface area (Å²) < 4.78 is 0. The predicted octanol–water partition coefficient (Wildman–Crippen LogP) is 4.42. The van der Waals surface area contributed by atoms with Crippen molar-refractivity contribution in [3.8, 4) is 0 Å². The number of nitrogens with zero attached hydrogens (tertiary/aromatic N) is 2. The molecular formula is C20H19Cl2N3O2. The van der Waals surface area contributed by atoms with Gasteiger partial charge in [0.15, 0.2) is 0 Å². The van der Waals surface area contributed by atoms with Crippen LogP contribution in [0.1, 0.15) is 11.6 Å². The number of fused-ring (bicyclic) bond motifs is 1. The first-order valence-corrected chi connectivity index (χ1v) is 9.53. The molecule has 0 radical (unpaired) electrons. The number of hydrogen-bond donors (Lipinski definition) is 2. The molecule has 1 aliphatic rings. The van der Waals surface area contributed by atoms with Crippen molar-refractivity contribution in [3.05, 3.63) is 64.3 Å². The molecule has 1 aromatic heterocycles. The van der Waals surface area contributed by atoms with Gasteiger partial charge in [-0.05, 0) is 24.3 Å². The molecule has 140 valence electrons. The summed E-state index contributed by atoms with van der Waals surface area (Å²) in [4.78, 5) is 19.5. The molecule has 0 saturated carbocycles. The van der Waals surface area contributed by atoms with Crippen LogP contribution in [0.3, 0.4) is 0 Å². The fourth-order valence-corrected chi connectivity index (χ4v) is 4.02. The van der Waals surface area contributed by atoms with E-state index in [1.165, 1.54) is 0 Å². The highest BCUT2D eigenvalue weighted by Gasteiger charge is 2.32. The predicted molar refractivity (Wildman–Crippen MR) is 109 cm³/mol. The highest BCUT2D eigenvalue weighted by atomic mass is 35.5. The van der Waals surface area contributed by atoms with E-state index in [2.05, 4.69) is 9.88 Å². The summed E-state index contributed by atoms with van der Waals surface area (Å²) in [6.45, 7) is 2.75. The molecular weight excluding hydrogens is 385 g/mol. The van der Waals surface area contributed by atoms with Crippen LogP contribution in [0.5, 0.6) is 0 Å². The van der Waals surface area contributed by atoms with Crippen molar-refractivity contribution in [2.45, 2.75) is 6.04 Å². The van der Waals surface area contributed by atoms with Crippen LogP contribution in [-0.2, 0) is 4.79 Å².